The predicted molar refractivity (Wildman–Crippen MR) is 77.0 cm³/mol. The monoisotopic (exact) mass is 265 g/mol. The van der Waals surface area contributed by atoms with Gasteiger partial charge in [-0.25, -0.2) is 0 Å². The molecule has 4 nitrogen and oxygen atoms in total. The number of carboxylic acid groups (broad SMARTS) is 1. The van der Waals surface area contributed by atoms with Crippen molar-refractivity contribution in [2.45, 2.75) is 39.7 Å². The Morgan fingerprint density at radius 2 is 2.05 bits per heavy atom. The third kappa shape index (κ3) is 5.20. The van der Waals surface area contributed by atoms with Gasteiger partial charge in [-0.3, -0.25) is 4.79 Å². The standard InChI is InChI=1S/C15H23NO3/c1-4-16(5-2)13-7-6-8-14(11-13)19-12(3)9-10-15(17)18/h6-8,11-12H,4-5,9-10H2,1-3H3,(H,17,18). The fraction of sp³-hybridized carbons (Fsp3) is 0.533. The van der Waals surface area contributed by atoms with E-state index in [1.165, 1.54) is 0 Å². The topological polar surface area (TPSA) is 49.8 Å². The molecule has 0 saturated carbocycles. The summed E-state index contributed by atoms with van der Waals surface area (Å²) in [5.74, 6) is 0.00892. The number of rotatable bonds is 8. The van der Waals surface area contributed by atoms with Gasteiger partial charge in [0.15, 0.2) is 0 Å². The Balaban J connectivity index is 2.63. The lowest BCUT2D eigenvalue weighted by atomic mass is 10.2. The number of carbonyl (C=O) groups is 1. The lowest BCUT2D eigenvalue weighted by molar-refractivity contribution is -0.137. The van der Waals surface area contributed by atoms with Crippen LogP contribution in [0.2, 0.25) is 0 Å². The summed E-state index contributed by atoms with van der Waals surface area (Å²) in [5.41, 5.74) is 1.13. The van der Waals surface area contributed by atoms with Gasteiger partial charge in [0.25, 0.3) is 0 Å². The SMILES string of the molecule is CCN(CC)c1cccc(OC(C)CCC(=O)O)c1. The lowest BCUT2D eigenvalue weighted by Crippen LogP contribution is -2.21. The van der Waals surface area contributed by atoms with Crippen molar-refractivity contribution in [3.63, 3.8) is 0 Å². The van der Waals surface area contributed by atoms with Gasteiger partial charge in [-0.15, -0.1) is 0 Å². The molecule has 0 heterocycles. The smallest absolute Gasteiger partial charge is 0.303 e. The van der Waals surface area contributed by atoms with Crippen LogP contribution in [0.1, 0.15) is 33.6 Å². The van der Waals surface area contributed by atoms with Crippen LogP contribution in [-0.4, -0.2) is 30.3 Å². The fourth-order valence-electron chi connectivity index (χ4n) is 1.96. The first-order chi connectivity index (χ1) is 9.06. The Labute approximate surface area is 115 Å². The van der Waals surface area contributed by atoms with Crippen molar-refractivity contribution in [1.29, 1.82) is 0 Å². The van der Waals surface area contributed by atoms with Crippen molar-refractivity contribution in [1.82, 2.24) is 0 Å². The van der Waals surface area contributed by atoms with Crippen LogP contribution >= 0.6 is 0 Å². The largest absolute Gasteiger partial charge is 0.491 e. The second-order valence-corrected chi connectivity index (χ2v) is 4.53. The molecule has 0 aliphatic heterocycles. The summed E-state index contributed by atoms with van der Waals surface area (Å²) in [4.78, 5) is 12.8. The molecule has 1 N–H and O–H groups in total. The molecule has 0 amide bonds. The van der Waals surface area contributed by atoms with E-state index in [-0.39, 0.29) is 12.5 Å². The van der Waals surface area contributed by atoms with Crippen LogP contribution in [0.25, 0.3) is 0 Å². The highest BCUT2D eigenvalue weighted by Gasteiger charge is 2.08. The van der Waals surface area contributed by atoms with Crippen LogP contribution in [0, 0.1) is 0 Å². The quantitative estimate of drug-likeness (QED) is 0.784. The molecule has 0 aromatic heterocycles. The minimum Gasteiger partial charge on any atom is -0.491 e. The number of hydrogen-bond donors (Lipinski definition) is 1. The first-order valence-electron chi connectivity index (χ1n) is 6.80. The van der Waals surface area contributed by atoms with Crippen molar-refractivity contribution in [2.75, 3.05) is 18.0 Å². The summed E-state index contributed by atoms with van der Waals surface area (Å²) in [6.45, 7) is 8.04. The third-order valence-electron chi connectivity index (χ3n) is 3.05. The molecule has 1 rings (SSSR count). The van der Waals surface area contributed by atoms with Gasteiger partial charge in [0, 0.05) is 31.3 Å². The zero-order valence-electron chi connectivity index (χ0n) is 11.9. The van der Waals surface area contributed by atoms with Gasteiger partial charge in [0.05, 0.1) is 6.10 Å². The van der Waals surface area contributed by atoms with Gasteiger partial charge in [0.1, 0.15) is 5.75 Å². The van der Waals surface area contributed by atoms with Crippen LogP contribution < -0.4 is 9.64 Å². The zero-order valence-corrected chi connectivity index (χ0v) is 11.9. The molecule has 1 aromatic carbocycles. The van der Waals surface area contributed by atoms with Crippen molar-refractivity contribution in [3.8, 4) is 5.75 Å². The molecule has 0 fully saturated rings. The van der Waals surface area contributed by atoms with Crippen molar-refractivity contribution in [3.05, 3.63) is 24.3 Å². The van der Waals surface area contributed by atoms with Crippen LogP contribution in [0.3, 0.4) is 0 Å². The molecule has 19 heavy (non-hydrogen) atoms. The van der Waals surface area contributed by atoms with Crippen molar-refractivity contribution >= 4 is 11.7 Å². The second-order valence-electron chi connectivity index (χ2n) is 4.53. The third-order valence-corrected chi connectivity index (χ3v) is 3.05. The van der Waals surface area contributed by atoms with Crippen LogP contribution in [0.4, 0.5) is 5.69 Å². The summed E-state index contributed by atoms with van der Waals surface area (Å²) in [5, 5.41) is 8.65. The number of benzene rings is 1. The van der Waals surface area contributed by atoms with E-state index >= 15 is 0 Å². The average molecular weight is 265 g/mol. The predicted octanol–water partition coefficient (Wildman–Crippen LogP) is 3.16. The molecule has 1 unspecified atom stereocenters. The summed E-state index contributed by atoms with van der Waals surface area (Å²) >= 11 is 0. The lowest BCUT2D eigenvalue weighted by Gasteiger charge is -2.22. The number of nitrogens with zero attached hydrogens (tertiary/aromatic N) is 1. The molecule has 0 saturated heterocycles. The Bertz CT molecular complexity index is 402. The van der Waals surface area contributed by atoms with E-state index in [2.05, 4.69) is 24.8 Å². The van der Waals surface area contributed by atoms with E-state index in [1.807, 2.05) is 25.1 Å². The van der Waals surface area contributed by atoms with E-state index in [0.29, 0.717) is 6.42 Å². The highest BCUT2D eigenvalue weighted by atomic mass is 16.5. The Morgan fingerprint density at radius 3 is 2.63 bits per heavy atom. The zero-order chi connectivity index (χ0) is 14.3. The molecule has 1 aromatic rings. The molecule has 0 aliphatic carbocycles. The second kappa shape index (κ2) is 7.67. The minimum atomic E-state index is -0.785. The van der Waals surface area contributed by atoms with E-state index in [0.717, 1.165) is 24.5 Å². The van der Waals surface area contributed by atoms with E-state index in [4.69, 9.17) is 9.84 Å². The van der Waals surface area contributed by atoms with Crippen molar-refractivity contribution < 1.29 is 14.6 Å². The molecule has 0 aliphatic rings. The molecular weight excluding hydrogens is 242 g/mol. The van der Waals surface area contributed by atoms with Gasteiger partial charge >= 0.3 is 5.97 Å². The number of carboxylic acids is 1. The van der Waals surface area contributed by atoms with Crippen molar-refractivity contribution in [2.24, 2.45) is 0 Å². The Morgan fingerprint density at radius 1 is 1.37 bits per heavy atom. The maximum absolute atomic E-state index is 10.5. The first-order valence-corrected chi connectivity index (χ1v) is 6.80. The summed E-state index contributed by atoms with van der Waals surface area (Å²) in [6, 6.07) is 7.93. The van der Waals surface area contributed by atoms with E-state index < -0.39 is 5.97 Å². The molecule has 0 radical (unpaired) electrons. The van der Waals surface area contributed by atoms with E-state index in [9.17, 15) is 4.79 Å². The van der Waals surface area contributed by atoms with Crippen LogP contribution in [0.15, 0.2) is 24.3 Å². The molecule has 4 heteroatoms. The average Bonchev–Trinajstić information content (AvgIpc) is 2.38. The summed E-state index contributed by atoms with van der Waals surface area (Å²) in [7, 11) is 0. The number of ether oxygens (including phenoxy) is 1. The highest BCUT2D eigenvalue weighted by Crippen LogP contribution is 2.22. The summed E-state index contributed by atoms with van der Waals surface area (Å²) in [6.07, 6.45) is 0.560. The van der Waals surface area contributed by atoms with Gasteiger partial charge in [0.2, 0.25) is 0 Å². The number of aliphatic carboxylic acids is 1. The van der Waals surface area contributed by atoms with Crippen LogP contribution in [-0.2, 0) is 4.79 Å². The van der Waals surface area contributed by atoms with Gasteiger partial charge in [-0.05, 0) is 39.3 Å². The molecular formula is C15H23NO3. The maximum atomic E-state index is 10.5. The summed E-state index contributed by atoms with van der Waals surface area (Å²) < 4.78 is 5.75. The normalized spacial score (nSPS) is 11.9. The number of hydrogen-bond acceptors (Lipinski definition) is 3. The van der Waals surface area contributed by atoms with E-state index in [1.54, 1.807) is 0 Å². The Hall–Kier alpha value is -1.71. The fourth-order valence-corrected chi connectivity index (χ4v) is 1.96. The Kier molecular flexibility index (Phi) is 6.19. The molecule has 0 bridgehead atoms. The number of anilines is 1. The van der Waals surface area contributed by atoms with Crippen LogP contribution in [0.5, 0.6) is 5.75 Å². The molecule has 0 spiro atoms. The van der Waals surface area contributed by atoms with Gasteiger partial charge in [-0.1, -0.05) is 6.07 Å². The van der Waals surface area contributed by atoms with Gasteiger partial charge < -0.3 is 14.7 Å². The molecule has 106 valence electrons. The highest BCUT2D eigenvalue weighted by molar-refractivity contribution is 5.66. The first kappa shape index (κ1) is 15.3. The minimum absolute atomic E-state index is 0.0944. The van der Waals surface area contributed by atoms with Gasteiger partial charge in [-0.2, -0.15) is 0 Å². The maximum Gasteiger partial charge on any atom is 0.303 e. The molecule has 1 atom stereocenters.